The van der Waals surface area contributed by atoms with Gasteiger partial charge < -0.3 is 19.1 Å². The molecule has 0 radical (unpaired) electrons. The van der Waals surface area contributed by atoms with Gasteiger partial charge >= 0.3 is 6.18 Å². The second-order valence-electron chi connectivity index (χ2n) is 10.0. The molecule has 0 aliphatic carbocycles. The summed E-state index contributed by atoms with van der Waals surface area (Å²) in [5, 5.41) is 2.74. The molecule has 1 heterocycles. The molecule has 0 aromatic heterocycles. The molecule has 2 unspecified atom stereocenters. The number of carbonyl (C=O) groups excluding carboxylic acids is 1. The van der Waals surface area contributed by atoms with Gasteiger partial charge in [0, 0.05) is 43.6 Å². The summed E-state index contributed by atoms with van der Waals surface area (Å²) in [5.41, 5.74) is 1.19. The summed E-state index contributed by atoms with van der Waals surface area (Å²) < 4.78 is 91.5. The molecule has 1 amide bonds. The molecule has 1 fully saturated rings. The second kappa shape index (κ2) is 12.6. The smallest absolute Gasteiger partial charge is 0.416 e. The molecule has 12 heteroatoms. The topological polar surface area (TPSA) is 75.7 Å². The minimum Gasteiger partial charge on any atom is -0.755 e. The predicted octanol–water partition coefficient (Wildman–Crippen LogP) is 6.02. The molecule has 0 spiro atoms. The van der Waals surface area contributed by atoms with E-state index in [0.717, 1.165) is 28.1 Å². The second-order valence-corrected chi connectivity index (χ2v) is 11.0. The number of piperidine rings is 1. The lowest BCUT2D eigenvalue weighted by Gasteiger charge is -2.35. The first-order valence-electron chi connectivity index (χ1n) is 13.0. The van der Waals surface area contributed by atoms with E-state index in [9.17, 15) is 35.5 Å². The third-order valence-electron chi connectivity index (χ3n) is 7.47. The van der Waals surface area contributed by atoms with Crippen molar-refractivity contribution in [3.8, 4) is 0 Å². The van der Waals surface area contributed by atoms with Crippen LogP contribution in [0.25, 0.3) is 0 Å². The van der Waals surface area contributed by atoms with Gasteiger partial charge in [0.15, 0.2) is 0 Å². The van der Waals surface area contributed by atoms with Crippen LogP contribution in [0.4, 0.5) is 33.3 Å². The van der Waals surface area contributed by atoms with E-state index in [1.807, 2.05) is 4.90 Å². The monoisotopic (exact) mass is 594 g/mol. The fraction of sp³-hybridized carbons (Fsp3) is 0.345. The molecule has 3 aromatic carbocycles. The molecule has 1 saturated heterocycles. The van der Waals surface area contributed by atoms with Crippen molar-refractivity contribution in [2.24, 2.45) is 0 Å². The van der Waals surface area contributed by atoms with Crippen LogP contribution in [0.5, 0.6) is 0 Å². The standard InChI is InChI=1S/C29H30F5N3O3S/c1-18(21-6-10-26(25(31)15-21)36(2)41(39)40)28(38)35-17-22-3-7-23(29(32,33)34)16-27(22)37-13-11-20(12-14-37)19-4-8-24(30)9-5-19/h3-10,15-16,18,20H,11-14,17H2,1-2H3,(H,35,38)(H,39,40)/p-1. The zero-order valence-electron chi connectivity index (χ0n) is 22.4. The number of alkyl halides is 3. The number of nitrogens with zero attached hydrogens (tertiary/aromatic N) is 2. The van der Waals surface area contributed by atoms with Crippen LogP contribution < -0.4 is 14.5 Å². The minimum atomic E-state index is -4.54. The molecule has 220 valence electrons. The molecular formula is C29H29F5N3O3S-. The lowest BCUT2D eigenvalue weighted by Crippen LogP contribution is -2.35. The maximum atomic E-state index is 14.5. The van der Waals surface area contributed by atoms with Gasteiger partial charge in [0.1, 0.15) is 11.6 Å². The fourth-order valence-corrected chi connectivity index (χ4v) is 5.30. The molecule has 4 rings (SSSR count). The highest BCUT2D eigenvalue weighted by Crippen LogP contribution is 2.37. The lowest BCUT2D eigenvalue weighted by molar-refractivity contribution is -0.137. The van der Waals surface area contributed by atoms with Crippen molar-refractivity contribution in [1.82, 2.24) is 5.32 Å². The van der Waals surface area contributed by atoms with Crippen molar-refractivity contribution in [1.29, 1.82) is 0 Å². The van der Waals surface area contributed by atoms with E-state index < -0.39 is 40.6 Å². The summed E-state index contributed by atoms with van der Waals surface area (Å²) in [5.74, 6) is -2.28. The van der Waals surface area contributed by atoms with Gasteiger partial charge in [0.25, 0.3) is 0 Å². The van der Waals surface area contributed by atoms with E-state index in [0.29, 0.717) is 42.7 Å². The summed E-state index contributed by atoms with van der Waals surface area (Å²) in [6.07, 6.45) is -3.21. The number of hydrogen-bond donors (Lipinski definition) is 1. The Morgan fingerprint density at radius 1 is 1.07 bits per heavy atom. The van der Waals surface area contributed by atoms with Crippen molar-refractivity contribution in [2.45, 2.75) is 44.3 Å². The number of amides is 1. The van der Waals surface area contributed by atoms with Crippen molar-refractivity contribution in [3.63, 3.8) is 0 Å². The Labute approximate surface area is 237 Å². The quantitative estimate of drug-likeness (QED) is 0.256. The Hall–Kier alpha value is -3.51. The van der Waals surface area contributed by atoms with Crippen LogP contribution >= 0.6 is 0 Å². The molecule has 1 N–H and O–H groups in total. The minimum absolute atomic E-state index is 0.0486. The van der Waals surface area contributed by atoms with E-state index in [1.165, 1.54) is 37.4 Å². The highest BCUT2D eigenvalue weighted by Gasteiger charge is 2.32. The number of halogens is 5. The van der Waals surface area contributed by atoms with Crippen LogP contribution in [-0.4, -0.2) is 34.8 Å². The van der Waals surface area contributed by atoms with E-state index in [-0.39, 0.29) is 24.0 Å². The van der Waals surface area contributed by atoms with Crippen molar-refractivity contribution in [3.05, 3.63) is 94.6 Å². The first-order chi connectivity index (χ1) is 19.3. The van der Waals surface area contributed by atoms with Gasteiger partial charge in [0.05, 0.1) is 17.2 Å². The third kappa shape index (κ3) is 7.23. The molecule has 41 heavy (non-hydrogen) atoms. The van der Waals surface area contributed by atoms with Crippen LogP contribution in [0, 0.1) is 11.6 Å². The number of benzene rings is 3. The van der Waals surface area contributed by atoms with Crippen LogP contribution in [0.15, 0.2) is 60.7 Å². The van der Waals surface area contributed by atoms with Crippen LogP contribution in [0.2, 0.25) is 0 Å². The van der Waals surface area contributed by atoms with Gasteiger partial charge in [-0.05, 0) is 78.8 Å². The maximum absolute atomic E-state index is 14.5. The Bertz CT molecular complexity index is 1410. The van der Waals surface area contributed by atoms with E-state index in [2.05, 4.69) is 5.32 Å². The van der Waals surface area contributed by atoms with Gasteiger partial charge in [0.2, 0.25) is 5.91 Å². The van der Waals surface area contributed by atoms with Gasteiger partial charge in [-0.2, -0.15) is 13.2 Å². The molecule has 3 aromatic rings. The summed E-state index contributed by atoms with van der Waals surface area (Å²) in [6, 6.07) is 13.4. The fourth-order valence-electron chi connectivity index (χ4n) is 4.99. The number of carbonyl (C=O) groups is 1. The third-order valence-corrected chi connectivity index (χ3v) is 8.11. The largest absolute Gasteiger partial charge is 0.755 e. The van der Waals surface area contributed by atoms with Crippen LogP contribution in [0.1, 0.15) is 53.9 Å². The lowest BCUT2D eigenvalue weighted by atomic mass is 9.89. The number of nitrogens with one attached hydrogen (secondary N) is 1. The molecule has 0 saturated carbocycles. The highest BCUT2D eigenvalue weighted by molar-refractivity contribution is 7.80. The summed E-state index contributed by atoms with van der Waals surface area (Å²) in [7, 11) is 1.18. The van der Waals surface area contributed by atoms with Gasteiger partial charge in [-0.3, -0.25) is 9.00 Å². The van der Waals surface area contributed by atoms with E-state index >= 15 is 0 Å². The molecular weight excluding hydrogens is 565 g/mol. The van der Waals surface area contributed by atoms with Gasteiger partial charge in [-0.15, -0.1) is 0 Å². The molecule has 1 aliphatic heterocycles. The summed E-state index contributed by atoms with van der Waals surface area (Å²) in [4.78, 5) is 14.8. The average Bonchev–Trinajstić information content (AvgIpc) is 2.95. The SMILES string of the molecule is CC(C(=O)NCc1ccc(C(F)(F)F)cc1N1CCC(c2ccc(F)cc2)CC1)c1ccc(N(C)S(=O)[O-])c(F)c1. The highest BCUT2D eigenvalue weighted by atomic mass is 32.2. The Morgan fingerprint density at radius 3 is 2.32 bits per heavy atom. The predicted molar refractivity (Wildman–Crippen MR) is 146 cm³/mol. The molecule has 0 bridgehead atoms. The summed E-state index contributed by atoms with van der Waals surface area (Å²) in [6.45, 7) is 2.46. The molecule has 6 nitrogen and oxygen atoms in total. The van der Waals surface area contributed by atoms with Crippen molar-refractivity contribution >= 4 is 28.5 Å². The van der Waals surface area contributed by atoms with E-state index in [4.69, 9.17) is 0 Å². The normalized spacial score (nSPS) is 15.9. The van der Waals surface area contributed by atoms with Gasteiger partial charge in [-0.25, -0.2) is 8.78 Å². The van der Waals surface area contributed by atoms with Gasteiger partial charge in [-0.1, -0.05) is 24.3 Å². The van der Waals surface area contributed by atoms with Crippen LogP contribution in [0.3, 0.4) is 0 Å². The Balaban J connectivity index is 1.48. The average molecular weight is 595 g/mol. The van der Waals surface area contributed by atoms with Crippen LogP contribution in [-0.2, 0) is 28.8 Å². The van der Waals surface area contributed by atoms with E-state index in [1.54, 1.807) is 19.1 Å². The van der Waals surface area contributed by atoms with Crippen molar-refractivity contribution < 1.29 is 35.5 Å². The number of hydrogen-bond acceptors (Lipinski definition) is 4. The molecule has 2 atom stereocenters. The zero-order valence-corrected chi connectivity index (χ0v) is 23.2. The summed E-state index contributed by atoms with van der Waals surface area (Å²) >= 11 is -2.67. The molecule has 1 aliphatic rings. The Kier molecular flexibility index (Phi) is 9.33. The number of anilines is 2. The maximum Gasteiger partial charge on any atom is 0.416 e. The first kappa shape index (κ1) is 30.4. The zero-order chi connectivity index (χ0) is 29.9. The number of rotatable bonds is 8. The Morgan fingerprint density at radius 2 is 1.73 bits per heavy atom. The first-order valence-corrected chi connectivity index (χ1v) is 14.0. The van der Waals surface area contributed by atoms with Crippen molar-refractivity contribution in [2.75, 3.05) is 29.3 Å².